The zero-order valence-electron chi connectivity index (χ0n) is 9.11. The molecule has 0 bridgehead atoms. The summed E-state index contributed by atoms with van der Waals surface area (Å²) >= 11 is 5.65. The second-order valence-corrected chi connectivity index (χ2v) is 3.86. The van der Waals surface area contributed by atoms with Crippen molar-refractivity contribution >= 4 is 11.6 Å². The smallest absolute Gasteiger partial charge is 0.141 e. The second kappa shape index (κ2) is 5.31. The lowest BCUT2D eigenvalue weighted by molar-refractivity contribution is 0.628. The number of rotatable bonds is 0. The normalized spacial score (nSPS) is 9.17. The highest BCUT2D eigenvalue weighted by Gasteiger charge is 1.98. The van der Waals surface area contributed by atoms with Crippen LogP contribution in [0.5, 0.6) is 0 Å². The SMILES string of the molecule is N#Cc1cncc(C#Cc2ccc(F)c(Cl)c2)c1. The zero-order valence-corrected chi connectivity index (χ0v) is 9.87. The molecular weight excluding hydrogens is 251 g/mol. The molecule has 0 aliphatic carbocycles. The number of aromatic nitrogens is 1. The lowest BCUT2D eigenvalue weighted by atomic mass is 10.2. The molecule has 0 spiro atoms. The summed E-state index contributed by atoms with van der Waals surface area (Å²) in [5, 5.41) is 8.75. The average molecular weight is 257 g/mol. The number of hydrogen-bond acceptors (Lipinski definition) is 2. The molecule has 0 N–H and O–H groups in total. The minimum absolute atomic E-state index is 0.0331. The minimum Gasteiger partial charge on any atom is -0.262 e. The minimum atomic E-state index is -0.477. The second-order valence-electron chi connectivity index (χ2n) is 3.45. The third kappa shape index (κ3) is 2.85. The summed E-state index contributed by atoms with van der Waals surface area (Å²) in [6, 6.07) is 7.86. The molecule has 0 saturated heterocycles. The van der Waals surface area contributed by atoms with Crippen LogP contribution in [-0.2, 0) is 0 Å². The van der Waals surface area contributed by atoms with Crippen molar-refractivity contribution in [3.8, 4) is 17.9 Å². The van der Waals surface area contributed by atoms with E-state index in [0.717, 1.165) is 0 Å². The van der Waals surface area contributed by atoms with Crippen LogP contribution in [0.1, 0.15) is 16.7 Å². The Morgan fingerprint density at radius 1 is 1.06 bits per heavy atom. The van der Waals surface area contributed by atoms with Gasteiger partial charge in [-0.1, -0.05) is 23.4 Å². The Labute approximate surface area is 109 Å². The van der Waals surface area contributed by atoms with E-state index in [-0.39, 0.29) is 5.02 Å². The molecule has 2 nitrogen and oxygen atoms in total. The van der Waals surface area contributed by atoms with E-state index in [4.69, 9.17) is 16.9 Å². The fraction of sp³-hybridized carbons (Fsp3) is 0. The van der Waals surface area contributed by atoms with E-state index in [2.05, 4.69) is 16.8 Å². The number of halogens is 2. The van der Waals surface area contributed by atoms with E-state index >= 15 is 0 Å². The van der Waals surface area contributed by atoms with Crippen LogP contribution in [0.15, 0.2) is 36.7 Å². The van der Waals surface area contributed by atoms with Crippen LogP contribution in [0.4, 0.5) is 4.39 Å². The molecule has 0 aliphatic rings. The van der Waals surface area contributed by atoms with Gasteiger partial charge < -0.3 is 0 Å². The van der Waals surface area contributed by atoms with E-state index in [1.165, 1.54) is 24.4 Å². The number of hydrogen-bond donors (Lipinski definition) is 0. The van der Waals surface area contributed by atoms with Crippen molar-refractivity contribution in [3.05, 3.63) is 64.2 Å². The molecule has 1 aromatic heterocycles. The van der Waals surface area contributed by atoms with Crippen LogP contribution in [0, 0.1) is 29.0 Å². The van der Waals surface area contributed by atoms with Crippen LogP contribution in [0.25, 0.3) is 0 Å². The van der Waals surface area contributed by atoms with Crippen molar-refractivity contribution in [1.29, 1.82) is 5.26 Å². The molecule has 4 heteroatoms. The molecule has 0 saturated carbocycles. The predicted octanol–water partition coefficient (Wildman–Crippen LogP) is 3.15. The first-order valence-electron chi connectivity index (χ1n) is 5.01. The van der Waals surface area contributed by atoms with Gasteiger partial charge in [0.1, 0.15) is 11.9 Å². The molecule has 0 atom stereocenters. The van der Waals surface area contributed by atoms with Crippen molar-refractivity contribution in [1.82, 2.24) is 4.98 Å². The summed E-state index contributed by atoms with van der Waals surface area (Å²) in [6.45, 7) is 0. The molecule has 18 heavy (non-hydrogen) atoms. The van der Waals surface area contributed by atoms with E-state index in [0.29, 0.717) is 16.7 Å². The van der Waals surface area contributed by atoms with Crippen molar-refractivity contribution < 1.29 is 4.39 Å². The first kappa shape index (κ1) is 12.1. The largest absolute Gasteiger partial charge is 0.262 e. The third-order valence-corrected chi connectivity index (χ3v) is 2.43. The maximum atomic E-state index is 12.9. The fourth-order valence-electron chi connectivity index (χ4n) is 1.29. The van der Waals surface area contributed by atoms with Crippen molar-refractivity contribution in [2.24, 2.45) is 0 Å². The van der Waals surface area contributed by atoms with Crippen LogP contribution < -0.4 is 0 Å². The average Bonchev–Trinajstić information content (AvgIpc) is 2.40. The van der Waals surface area contributed by atoms with Crippen LogP contribution in [-0.4, -0.2) is 4.98 Å². The summed E-state index contributed by atoms with van der Waals surface area (Å²) in [7, 11) is 0. The van der Waals surface area contributed by atoms with E-state index < -0.39 is 5.82 Å². The number of nitriles is 1. The van der Waals surface area contributed by atoms with Crippen LogP contribution >= 0.6 is 11.6 Å². The van der Waals surface area contributed by atoms with Crippen molar-refractivity contribution in [2.45, 2.75) is 0 Å². The van der Waals surface area contributed by atoms with Gasteiger partial charge in [0, 0.05) is 23.5 Å². The molecule has 0 radical (unpaired) electrons. The summed E-state index contributed by atoms with van der Waals surface area (Å²) in [5.41, 5.74) is 1.66. The summed E-state index contributed by atoms with van der Waals surface area (Å²) in [6.07, 6.45) is 3.01. The quantitative estimate of drug-likeness (QED) is 0.679. The van der Waals surface area contributed by atoms with E-state index in [9.17, 15) is 4.39 Å². The van der Waals surface area contributed by atoms with Gasteiger partial charge in [-0.2, -0.15) is 5.26 Å². The van der Waals surface area contributed by atoms with Gasteiger partial charge in [0.15, 0.2) is 0 Å². The Bertz CT molecular complexity index is 693. The molecule has 1 aromatic carbocycles. The van der Waals surface area contributed by atoms with Crippen LogP contribution in [0.2, 0.25) is 5.02 Å². The first-order chi connectivity index (χ1) is 8.69. The highest BCUT2D eigenvalue weighted by molar-refractivity contribution is 6.30. The van der Waals surface area contributed by atoms with Crippen LogP contribution in [0.3, 0.4) is 0 Å². The third-order valence-electron chi connectivity index (χ3n) is 2.14. The maximum Gasteiger partial charge on any atom is 0.141 e. The molecule has 2 aromatic rings. The van der Waals surface area contributed by atoms with Crippen molar-refractivity contribution in [2.75, 3.05) is 0 Å². The van der Waals surface area contributed by atoms with Crippen molar-refractivity contribution in [3.63, 3.8) is 0 Å². The van der Waals surface area contributed by atoms with Gasteiger partial charge in [-0.05, 0) is 24.3 Å². The fourth-order valence-corrected chi connectivity index (χ4v) is 1.47. The van der Waals surface area contributed by atoms with Gasteiger partial charge in [-0.3, -0.25) is 4.98 Å². The van der Waals surface area contributed by atoms with Gasteiger partial charge in [0.2, 0.25) is 0 Å². The van der Waals surface area contributed by atoms with Gasteiger partial charge in [-0.25, -0.2) is 4.39 Å². The molecule has 0 fully saturated rings. The van der Waals surface area contributed by atoms with E-state index in [1.807, 2.05) is 6.07 Å². The lowest BCUT2D eigenvalue weighted by Crippen LogP contribution is -1.83. The summed E-state index contributed by atoms with van der Waals surface area (Å²) in [4.78, 5) is 3.89. The lowest BCUT2D eigenvalue weighted by Gasteiger charge is -1.94. The Hall–Kier alpha value is -2.36. The Balaban J connectivity index is 2.31. The Morgan fingerprint density at radius 3 is 2.50 bits per heavy atom. The highest BCUT2D eigenvalue weighted by Crippen LogP contribution is 2.15. The Kier molecular flexibility index (Phi) is 3.57. The standard InChI is InChI=1S/C14H6ClFN2/c15-13-6-10(3-4-14(13)16)1-2-11-5-12(7-17)9-18-8-11/h3-6,8-9H. The number of pyridine rings is 1. The molecule has 0 aliphatic heterocycles. The molecule has 0 unspecified atom stereocenters. The monoisotopic (exact) mass is 256 g/mol. The number of nitrogens with zero attached hydrogens (tertiary/aromatic N) is 2. The Morgan fingerprint density at radius 2 is 1.78 bits per heavy atom. The molecule has 2 rings (SSSR count). The maximum absolute atomic E-state index is 12.9. The summed E-state index contributed by atoms with van der Waals surface area (Å²) in [5.74, 6) is 5.19. The highest BCUT2D eigenvalue weighted by atomic mass is 35.5. The van der Waals surface area contributed by atoms with Gasteiger partial charge in [0.05, 0.1) is 10.6 Å². The predicted molar refractivity (Wildman–Crippen MR) is 66.3 cm³/mol. The first-order valence-corrected chi connectivity index (χ1v) is 5.39. The molecule has 86 valence electrons. The zero-order chi connectivity index (χ0) is 13.0. The van der Waals surface area contributed by atoms with E-state index in [1.54, 1.807) is 12.3 Å². The molecule has 1 heterocycles. The number of benzene rings is 1. The molecular formula is C14H6ClFN2. The topological polar surface area (TPSA) is 36.7 Å². The van der Waals surface area contributed by atoms with Gasteiger partial charge in [0.25, 0.3) is 0 Å². The van der Waals surface area contributed by atoms with Gasteiger partial charge >= 0.3 is 0 Å². The van der Waals surface area contributed by atoms with Gasteiger partial charge in [-0.15, -0.1) is 0 Å². The summed E-state index contributed by atoms with van der Waals surface area (Å²) < 4.78 is 12.9. The molecule has 0 amide bonds.